The summed E-state index contributed by atoms with van der Waals surface area (Å²) in [5.74, 6) is -2.30. The molecular weight excluding hydrogens is 350 g/mol. The van der Waals surface area contributed by atoms with E-state index in [0.717, 1.165) is 12.5 Å². The Morgan fingerprint density at radius 1 is 1.19 bits per heavy atom. The van der Waals surface area contributed by atoms with Gasteiger partial charge in [0, 0.05) is 23.4 Å². The van der Waals surface area contributed by atoms with E-state index in [2.05, 4.69) is 12.2 Å². The van der Waals surface area contributed by atoms with E-state index in [-0.39, 0.29) is 18.7 Å². The van der Waals surface area contributed by atoms with Crippen LogP contribution in [0.4, 0.5) is 8.78 Å². The van der Waals surface area contributed by atoms with E-state index in [4.69, 9.17) is 5.73 Å². The number of carbonyl (C=O) groups is 2. The molecule has 1 saturated carbocycles. The quantitative estimate of drug-likeness (QED) is 0.724. The molecule has 0 radical (unpaired) electrons. The third-order valence-corrected chi connectivity index (χ3v) is 5.19. The maximum Gasteiger partial charge on any atom is 0.224 e. The molecule has 27 heavy (non-hydrogen) atoms. The number of halogens is 2. The Bertz CT molecular complexity index is 680. The number of carbonyl (C=O) groups excluding carboxylic acids is 2. The summed E-state index contributed by atoms with van der Waals surface area (Å²) in [6, 6.07) is 3.30. The lowest BCUT2D eigenvalue weighted by Gasteiger charge is -2.29. The van der Waals surface area contributed by atoms with Crippen molar-refractivity contribution in [1.29, 1.82) is 0 Å². The molecule has 3 N–H and O–H groups in total. The molecule has 4 unspecified atom stereocenters. The summed E-state index contributed by atoms with van der Waals surface area (Å²) in [7, 11) is 0. The summed E-state index contributed by atoms with van der Waals surface area (Å²) in [5.41, 5.74) is 5.66. The predicted molar refractivity (Wildman–Crippen MR) is 101 cm³/mol. The summed E-state index contributed by atoms with van der Waals surface area (Å²) in [5, 5.41) is 2.95. The summed E-state index contributed by atoms with van der Waals surface area (Å²) in [6.45, 7) is 7.78. The lowest BCUT2D eigenvalue weighted by atomic mass is 9.81. The zero-order valence-corrected chi connectivity index (χ0v) is 16.5. The molecule has 1 aliphatic carbocycles. The molecule has 2 rings (SSSR count). The molecule has 4 atom stereocenters. The van der Waals surface area contributed by atoms with Gasteiger partial charge in [0.1, 0.15) is 11.6 Å². The Kier molecular flexibility index (Phi) is 6.60. The van der Waals surface area contributed by atoms with Gasteiger partial charge >= 0.3 is 0 Å². The summed E-state index contributed by atoms with van der Waals surface area (Å²) < 4.78 is 26.8. The highest BCUT2D eigenvalue weighted by molar-refractivity contribution is 5.87. The van der Waals surface area contributed by atoms with Crippen molar-refractivity contribution in [2.45, 2.75) is 58.9 Å². The van der Waals surface area contributed by atoms with Gasteiger partial charge in [-0.25, -0.2) is 8.78 Å². The second kappa shape index (κ2) is 8.36. The van der Waals surface area contributed by atoms with Crippen molar-refractivity contribution in [3.8, 4) is 0 Å². The number of benzene rings is 1. The number of aryl methyl sites for hydroxylation is 1. The zero-order valence-electron chi connectivity index (χ0n) is 16.5. The second-order valence-corrected chi connectivity index (χ2v) is 8.88. The van der Waals surface area contributed by atoms with Crippen LogP contribution in [0.5, 0.6) is 0 Å². The van der Waals surface area contributed by atoms with Crippen molar-refractivity contribution in [1.82, 2.24) is 5.32 Å². The number of nitrogens with two attached hydrogens (primary N) is 1. The van der Waals surface area contributed by atoms with Gasteiger partial charge in [-0.15, -0.1) is 0 Å². The van der Waals surface area contributed by atoms with Crippen LogP contribution in [0.15, 0.2) is 18.2 Å². The fraction of sp³-hybridized carbons (Fsp3) is 0.619. The number of hydrogen-bond donors (Lipinski definition) is 2. The third kappa shape index (κ3) is 6.60. The van der Waals surface area contributed by atoms with Crippen molar-refractivity contribution in [2.75, 3.05) is 0 Å². The molecule has 0 heterocycles. The van der Waals surface area contributed by atoms with Gasteiger partial charge in [-0.05, 0) is 76.0 Å². The molecule has 1 aromatic rings. The molecule has 6 heteroatoms. The van der Waals surface area contributed by atoms with Crippen molar-refractivity contribution < 1.29 is 18.4 Å². The first-order chi connectivity index (χ1) is 12.5. The van der Waals surface area contributed by atoms with Gasteiger partial charge in [0.15, 0.2) is 0 Å². The van der Waals surface area contributed by atoms with Gasteiger partial charge in [-0.3, -0.25) is 9.59 Å². The van der Waals surface area contributed by atoms with Gasteiger partial charge in [-0.2, -0.15) is 0 Å². The summed E-state index contributed by atoms with van der Waals surface area (Å²) in [6.07, 6.45) is 2.21. The van der Waals surface area contributed by atoms with E-state index in [1.807, 2.05) is 20.8 Å². The third-order valence-electron chi connectivity index (χ3n) is 5.19. The molecule has 0 aliphatic heterocycles. The molecule has 150 valence electrons. The van der Waals surface area contributed by atoms with Crippen LogP contribution in [0.2, 0.25) is 0 Å². The van der Waals surface area contributed by atoms with Crippen molar-refractivity contribution in [3.63, 3.8) is 0 Å². The van der Waals surface area contributed by atoms with E-state index in [0.29, 0.717) is 23.8 Å². The highest BCUT2D eigenvalue weighted by Gasteiger charge is 2.41. The van der Waals surface area contributed by atoms with Crippen LogP contribution in [0.1, 0.15) is 52.5 Å². The van der Waals surface area contributed by atoms with Crippen molar-refractivity contribution in [2.24, 2.45) is 29.4 Å². The van der Waals surface area contributed by atoms with Crippen LogP contribution < -0.4 is 11.1 Å². The monoisotopic (exact) mass is 380 g/mol. The van der Waals surface area contributed by atoms with E-state index in [1.165, 1.54) is 12.1 Å². The SMILES string of the molecule is CC1CC1CC(C(=O)NC(C)(C)C)C(CCc1cc(F)cc(F)c1)C(N)=O. The molecule has 0 bridgehead atoms. The van der Waals surface area contributed by atoms with Gasteiger partial charge in [0.05, 0.1) is 0 Å². The topological polar surface area (TPSA) is 72.2 Å². The number of hydrogen-bond acceptors (Lipinski definition) is 2. The first kappa shape index (κ1) is 21.3. The average molecular weight is 380 g/mol. The normalized spacial score (nSPS) is 21.4. The van der Waals surface area contributed by atoms with E-state index < -0.39 is 34.9 Å². The minimum atomic E-state index is -0.675. The Labute approximate surface area is 159 Å². The number of primary amides is 1. The van der Waals surface area contributed by atoms with Crippen LogP contribution in [0.25, 0.3) is 0 Å². The Morgan fingerprint density at radius 2 is 1.74 bits per heavy atom. The number of rotatable bonds is 8. The highest BCUT2D eigenvalue weighted by atomic mass is 19.1. The summed E-state index contributed by atoms with van der Waals surface area (Å²) in [4.78, 5) is 25.0. The molecule has 4 nitrogen and oxygen atoms in total. The van der Waals surface area contributed by atoms with Gasteiger partial charge < -0.3 is 11.1 Å². The van der Waals surface area contributed by atoms with Gasteiger partial charge in [0.2, 0.25) is 11.8 Å². The molecule has 0 saturated heterocycles. The van der Waals surface area contributed by atoms with Crippen LogP contribution in [0.3, 0.4) is 0 Å². The standard InChI is InChI=1S/C21H30F2N2O2/c1-12-7-14(12)10-18(20(27)25-21(2,3)4)17(19(24)26)6-5-13-8-15(22)11-16(23)9-13/h8-9,11-12,14,17-18H,5-7,10H2,1-4H3,(H2,24,26)(H,25,27). The minimum absolute atomic E-state index is 0.184. The zero-order chi connectivity index (χ0) is 20.4. The first-order valence-corrected chi connectivity index (χ1v) is 9.52. The molecule has 2 amide bonds. The molecule has 0 spiro atoms. The number of amides is 2. The molecule has 1 aromatic carbocycles. The fourth-order valence-electron chi connectivity index (χ4n) is 3.59. The second-order valence-electron chi connectivity index (χ2n) is 8.88. The number of nitrogens with one attached hydrogen (secondary N) is 1. The predicted octanol–water partition coefficient (Wildman–Crippen LogP) is 3.58. The van der Waals surface area contributed by atoms with Gasteiger partial charge in [-0.1, -0.05) is 6.92 Å². The van der Waals surface area contributed by atoms with E-state index >= 15 is 0 Å². The van der Waals surface area contributed by atoms with Gasteiger partial charge in [0.25, 0.3) is 0 Å². The molecule has 1 aliphatic rings. The molecule has 1 fully saturated rings. The lowest BCUT2D eigenvalue weighted by Crippen LogP contribution is -2.47. The van der Waals surface area contributed by atoms with Crippen molar-refractivity contribution >= 4 is 11.8 Å². The van der Waals surface area contributed by atoms with Crippen LogP contribution >= 0.6 is 0 Å². The minimum Gasteiger partial charge on any atom is -0.369 e. The maximum absolute atomic E-state index is 13.4. The van der Waals surface area contributed by atoms with E-state index in [1.54, 1.807) is 0 Å². The molecule has 0 aromatic heterocycles. The largest absolute Gasteiger partial charge is 0.369 e. The fourth-order valence-corrected chi connectivity index (χ4v) is 3.59. The van der Waals surface area contributed by atoms with Crippen LogP contribution in [0, 0.1) is 35.3 Å². The average Bonchev–Trinajstić information content (AvgIpc) is 3.18. The lowest BCUT2D eigenvalue weighted by molar-refractivity contribution is -0.135. The molecular formula is C21H30F2N2O2. The van der Waals surface area contributed by atoms with Crippen LogP contribution in [-0.2, 0) is 16.0 Å². The first-order valence-electron chi connectivity index (χ1n) is 9.52. The Hall–Kier alpha value is -1.98. The highest BCUT2D eigenvalue weighted by Crippen LogP contribution is 2.44. The smallest absolute Gasteiger partial charge is 0.224 e. The Morgan fingerprint density at radius 3 is 2.19 bits per heavy atom. The van der Waals surface area contributed by atoms with Crippen molar-refractivity contribution in [3.05, 3.63) is 35.4 Å². The Balaban J connectivity index is 2.16. The summed E-state index contributed by atoms with van der Waals surface area (Å²) >= 11 is 0. The maximum atomic E-state index is 13.4. The van der Waals surface area contributed by atoms with Crippen LogP contribution in [-0.4, -0.2) is 17.4 Å². The van der Waals surface area contributed by atoms with E-state index in [9.17, 15) is 18.4 Å².